The van der Waals surface area contributed by atoms with Crippen molar-refractivity contribution >= 4 is 12.4 Å². The first-order valence-electron chi connectivity index (χ1n) is 3.80. The lowest BCUT2D eigenvalue weighted by Crippen LogP contribution is -1.87. The maximum Gasteiger partial charge on any atom is 0.153 e. The Morgan fingerprint density at radius 3 is 2.85 bits per heavy atom. The maximum absolute atomic E-state index is 12.8. The molecule has 0 aliphatic rings. The van der Waals surface area contributed by atoms with Crippen LogP contribution in [0.2, 0.25) is 0 Å². The number of benzene rings is 1. The highest BCUT2D eigenvalue weighted by Crippen LogP contribution is 2.09. The highest BCUT2D eigenvalue weighted by Gasteiger charge is 1.99. The summed E-state index contributed by atoms with van der Waals surface area (Å²) < 4.78 is 12.8. The van der Waals surface area contributed by atoms with Gasteiger partial charge in [0.25, 0.3) is 0 Å². The lowest BCUT2D eigenvalue weighted by molar-refractivity contribution is 0.112. The van der Waals surface area contributed by atoms with Gasteiger partial charge in [0, 0.05) is 0 Å². The summed E-state index contributed by atoms with van der Waals surface area (Å²) in [5, 5.41) is 8.48. The van der Waals surface area contributed by atoms with Crippen LogP contribution in [0.25, 0.3) is 6.08 Å². The Morgan fingerprint density at radius 1 is 1.46 bits per heavy atom. The molecule has 0 unspecified atom stereocenters. The van der Waals surface area contributed by atoms with Crippen molar-refractivity contribution in [2.24, 2.45) is 0 Å². The van der Waals surface area contributed by atoms with E-state index in [9.17, 15) is 9.18 Å². The maximum atomic E-state index is 12.8. The molecule has 1 aromatic carbocycles. The van der Waals surface area contributed by atoms with Gasteiger partial charge < -0.3 is 5.11 Å². The van der Waals surface area contributed by atoms with Gasteiger partial charge in [-0.2, -0.15) is 0 Å². The zero-order valence-corrected chi connectivity index (χ0v) is 6.90. The SMILES string of the molecule is O=Cc1cc(C=CCO)ccc1F. The quantitative estimate of drug-likeness (QED) is 0.718. The first kappa shape index (κ1) is 9.61. The third-order valence-electron chi connectivity index (χ3n) is 1.56. The predicted octanol–water partition coefficient (Wildman–Crippen LogP) is 1.64. The molecular formula is C10H9FO2. The van der Waals surface area contributed by atoms with Crippen LogP contribution >= 0.6 is 0 Å². The Labute approximate surface area is 75.3 Å². The molecule has 0 spiro atoms. The van der Waals surface area contributed by atoms with Crippen molar-refractivity contribution in [3.63, 3.8) is 0 Å². The van der Waals surface area contributed by atoms with E-state index in [-0.39, 0.29) is 12.2 Å². The molecule has 1 aromatic rings. The van der Waals surface area contributed by atoms with Crippen LogP contribution in [-0.2, 0) is 0 Å². The van der Waals surface area contributed by atoms with E-state index in [1.165, 1.54) is 24.3 Å². The van der Waals surface area contributed by atoms with Gasteiger partial charge in [0.05, 0.1) is 12.2 Å². The van der Waals surface area contributed by atoms with Crippen LogP contribution in [0.1, 0.15) is 15.9 Å². The first-order chi connectivity index (χ1) is 6.27. The number of halogens is 1. The van der Waals surface area contributed by atoms with E-state index in [1.54, 1.807) is 6.08 Å². The second-order valence-electron chi connectivity index (χ2n) is 2.48. The normalized spacial score (nSPS) is 10.6. The summed E-state index contributed by atoms with van der Waals surface area (Å²) in [4.78, 5) is 10.3. The van der Waals surface area contributed by atoms with Crippen LogP contribution in [0.15, 0.2) is 24.3 Å². The molecule has 1 N–H and O–H groups in total. The summed E-state index contributed by atoms with van der Waals surface area (Å²) in [6.45, 7) is -0.0756. The number of hydrogen-bond acceptors (Lipinski definition) is 2. The molecule has 0 heterocycles. The summed E-state index contributed by atoms with van der Waals surface area (Å²) >= 11 is 0. The number of rotatable bonds is 3. The Kier molecular flexibility index (Phi) is 3.34. The van der Waals surface area contributed by atoms with Gasteiger partial charge in [0.1, 0.15) is 5.82 Å². The minimum atomic E-state index is -0.531. The van der Waals surface area contributed by atoms with Gasteiger partial charge >= 0.3 is 0 Å². The van der Waals surface area contributed by atoms with E-state index in [4.69, 9.17) is 5.11 Å². The van der Waals surface area contributed by atoms with Crippen molar-refractivity contribution < 1.29 is 14.3 Å². The van der Waals surface area contributed by atoms with Gasteiger partial charge in [-0.15, -0.1) is 0 Å². The third-order valence-corrected chi connectivity index (χ3v) is 1.56. The van der Waals surface area contributed by atoms with Crippen molar-refractivity contribution in [1.82, 2.24) is 0 Å². The molecule has 2 nitrogen and oxygen atoms in total. The van der Waals surface area contributed by atoms with Crippen molar-refractivity contribution in [3.05, 3.63) is 41.2 Å². The summed E-state index contributed by atoms with van der Waals surface area (Å²) in [6, 6.07) is 4.18. The smallest absolute Gasteiger partial charge is 0.153 e. The van der Waals surface area contributed by atoms with Gasteiger partial charge in [-0.25, -0.2) is 4.39 Å². The molecule has 0 fully saturated rings. The van der Waals surface area contributed by atoms with E-state index in [0.717, 1.165) is 0 Å². The molecule has 0 saturated carbocycles. The van der Waals surface area contributed by atoms with Crippen LogP contribution in [0.3, 0.4) is 0 Å². The summed E-state index contributed by atoms with van der Waals surface area (Å²) in [5.41, 5.74) is 0.720. The van der Waals surface area contributed by atoms with Gasteiger partial charge in [0.2, 0.25) is 0 Å². The van der Waals surface area contributed by atoms with Crippen molar-refractivity contribution in [3.8, 4) is 0 Å². The summed E-state index contributed by atoms with van der Waals surface area (Å²) in [7, 11) is 0. The monoisotopic (exact) mass is 180 g/mol. The van der Waals surface area contributed by atoms with Gasteiger partial charge in [-0.3, -0.25) is 4.79 Å². The Hall–Kier alpha value is -1.48. The standard InChI is InChI=1S/C10H9FO2/c11-10-4-3-8(2-1-5-12)6-9(10)7-13/h1-4,6-7,12H,5H2. The summed E-state index contributed by atoms with van der Waals surface area (Å²) in [6.07, 6.45) is 3.60. The molecule has 1 rings (SSSR count). The Bertz CT molecular complexity index is 332. The lowest BCUT2D eigenvalue weighted by Gasteiger charge is -1.96. The molecular weight excluding hydrogens is 171 g/mol. The van der Waals surface area contributed by atoms with Crippen molar-refractivity contribution in [2.75, 3.05) is 6.61 Å². The molecule has 68 valence electrons. The number of aliphatic hydroxyl groups is 1. The minimum absolute atomic E-state index is 0.0279. The van der Waals surface area contributed by atoms with Crippen molar-refractivity contribution in [2.45, 2.75) is 0 Å². The molecule has 13 heavy (non-hydrogen) atoms. The minimum Gasteiger partial charge on any atom is -0.392 e. The zero-order chi connectivity index (χ0) is 9.68. The number of hydrogen-bond donors (Lipinski definition) is 1. The van der Waals surface area contributed by atoms with Crippen LogP contribution in [0.5, 0.6) is 0 Å². The molecule has 0 aliphatic heterocycles. The Balaban J connectivity index is 2.99. The van der Waals surface area contributed by atoms with Gasteiger partial charge in [-0.05, 0) is 17.7 Å². The second kappa shape index (κ2) is 4.52. The molecule has 0 aliphatic carbocycles. The first-order valence-corrected chi connectivity index (χ1v) is 3.80. The van der Waals surface area contributed by atoms with E-state index < -0.39 is 5.82 Å². The Morgan fingerprint density at radius 2 is 2.23 bits per heavy atom. The molecule has 3 heteroatoms. The largest absolute Gasteiger partial charge is 0.392 e. The number of carbonyl (C=O) groups is 1. The van der Waals surface area contributed by atoms with Crippen LogP contribution < -0.4 is 0 Å². The lowest BCUT2D eigenvalue weighted by atomic mass is 10.1. The molecule has 0 bridgehead atoms. The van der Waals surface area contributed by atoms with E-state index >= 15 is 0 Å². The average molecular weight is 180 g/mol. The molecule has 0 saturated heterocycles. The fraction of sp³-hybridized carbons (Fsp3) is 0.100. The van der Waals surface area contributed by atoms with E-state index in [2.05, 4.69) is 0 Å². The van der Waals surface area contributed by atoms with Gasteiger partial charge in [0.15, 0.2) is 6.29 Å². The molecule has 0 amide bonds. The second-order valence-corrected chi connectivity index (χ2v) is 2.48. The summed E-state index contributed by atoms with van der Waals surface area (Å²) in [5.74, 6) is -0.531. The number of aldehydes is 1. The van der Waals surface area contributed by atoms with Crippen LogP contribution in [-0.4, -0.2) is 18.0 Å². The van der Waals surface area contributed by atoms with Gasteiger partial charge in [-0.1, -0.05) is 18.2 Å². The van der Waals surface area contributed by atoms with Crippen LogP contribution in [0, 0.1) is 5.82 Å². The topological polar surface area (TPSA) is 37.3 Å². The van der Waals surface area contributed by atoms with E-state index in [0.29, 0.717) is 11.8 Å². The molecule has 0 aromatic heterocycles. The number of aliphatic hydroxyl groups excluding tert-OH is 1. The highest BCUT2D eigenvalue weighted by molar-refractivity contribution is 5.76. The zero-order valence-electron chi connectivity index (χ0n) is 6.90. The molecule has 0 atom stereocenters. The van der Waals surface area contributed by atoms with Crippen LogP contribution in [0.4, 0.5) is 4.39 Å². The number of carbonyl (C=O) groups excluding carboxylic acids is 1. The fourth-order valence-corrected chi connectivity index (χ4v) is 0.945. The van der Waals surface area contributed by atoms with E-state index in [1.807, 2.05) is 0 Å². The predicted molar refractivity (Wildman–Crippen MR) is 47.9 cm³/mol. The molecule has 0 radical (unpaired) electrons. The average Bonchev–Trinajstić information content (AvgIpc) is 2.16. The fourth-order valence-electron chi connectivity index (χ4n) is 0.945. The highest BCUT2D eigenvalue weighted by atomic mass is 19.1. The van der Waals surface area contributed by atoms with Crippen molar-refractivity contribution in [1.29, 1.82) is 0 Å². The third kappa shape index (κ3) is 2.49.